The van der Waals surface area contributed by atoms with Crippen LogP contribution in [0.15, 0.2) is 57.9 Å². The molecular formula is C18H15ClFN3O3. The van der Waals surface area contributed by atoms with Crippen LogP contribution in [0.5, 0.6) is 0 Å². The molecule has 0 fully saturated rings. The van der Waals surface area contributed by atoms with Gasteiger partial charge in [-0.25, -0.2) is 9.07 Å². The number of carbonyl (C=O) groups excluding carboxylic acids is 1. The van der Waals surface area contributed by atoms with Crippen LogP contribution < -0.4 is 10.9 Å². The van der Waals surface area contributed by atoms with Crippen LogP contribution in [0.2, 0.25) is 5.02 Å². The van der Waals surface area contributed by atoms with Gasteiger partial charge in [0.25, 0.3) is 5.56 Å². The standard InChI is InChI=1S/C18H15ClFN3O3/c19-13-11-12(5-6-14(13)20)21-17(24)4-1-9-23-18(25)8-7-15(22-23)16-3-2-10-26-16/h2-3,5-8,10-11H,1,4,9H2,(H,21,24). The molecule has 1 aromatic carbocycles. The maximum atomic E-state index is 13.1. The summed E-state index contributed by atoms with van der Waals surface area (Å²) in [5, 5.41) is 6.81. The lowest BCUT2D eigenvalue weighted by Gasteiger charge is -2.07. The van der Waals surface area contributed by atoms with E-state index in [1.807, 2.05) is 0 Å². The van der Waals surface area contributed by atoms with Crippen molar-refractivity contribution >= 4 is 23.2 Å². The van der Waals surface area contributed by atoms with Gasteiger partial charge in [-0.1, -0.05) is 11.6 Å². The van der Waals surface area contributed by atoms with Gasteiger partial charge in [-0.2, -0.15) is 5.10 Å². The van der Waals surface area contributed by atoms with E-state index < -0.39 is 5.82 Å². The molecule has 2 heterocycles. The summed E-state index contributed by atoms with van der Waals surface area (Å²) in [5.41, 5.74) is 0.697. The normalized spacial score (nSPS) is 10.7. The molecule has 1 amide bonds. The van der Waals surface area contributed by atoms with Crippen molar-refractivity contribution in [2.75, 3.05) is 5.32 Å². The van der Waals surface area contributed by atoms with E-state index in [2.05, 4.69) is 10.4 Å². The Bertz CT molecular complexity index is 970. The zero-order valence-corrected chi connectivity index (χ0v) is 14.4. The Morgan fingerprint density at radius 3 is 2.85 bits per heavy atom. The topological polar surface area (TPSA) is 77.1 Å². The van der Waals surface area contributed by atoms with Gasteiger partial charge >= 0.3 is 0 Å². The van der Waals surface area contributed by atoms with Crippen molar-refractivity contribution in [3.05, 3.63) is 69.9 Å². The fourth-order valence-corrected chi connectivity index (χ4v) is 2.53. The van der Waals surface area contributed by atoms with E-state index in [-0.39, 0.29) is 29.5 Å². The van der Waals surface area contributed by atoms with Crippen LogP contribution in [0.1, 0.15) is 12.8 Å². The van der Waals surface area contributed by atoms with Crippen molar-refractivity contribution in [2.45, 2.75) is 19.4 Å². The molecule has 3 aromatic rings. The monoisotopic (exact) mass is 375 g/mol. The highest BCUT2D eigenvalue weighted by Gasteiger charge is 2.08. The number of aryl methyl sites for hydroxylation is 1. The molecule has 0 radical (unpaired) electrons. The average Bonchev–Trinajstić information content (AvgIpc) is 3.14. The summed E-state index contributed by atoms with van der Waals surface area (Å²) in [6.45, 7) is 0.283. The zero-order valence-electron chi connectivity index (χ0n) is 13.6. The number of anilines is 1. The number of nitrogens with one attached hydrogen (secondary N) is 1. The molecule has 26 heavy (non-hydrogen) atoms. The van der Waals surface area contributed by atoms with Crippen LogP contribution in [0.3, 0.4) is 0 Å². The second-order valence-corrected chi connectivity index (χ2v) is 5.95. The molecule has 3 rings (SSSR count). The third-order valence-electron chi connectivity index (χ3n) is 3.62. The number of benzene rings is 1. The zero-order chi connectivity index (χ0) is 18.5. The lowest BCUT2D eigenvalue weighted by Crippen LogP contribution is -2.23. The van der Waals surface area contributed by atoms with E-state index in [4.69, 9.17) is 16.0 Å². The molecule has 0 bridgehead atoms. The fourth-order valence-electron chi connectivity index (χ4n) is 2.35. The fraction of sp³-hybridized carbons (Fsp3) is 0.167. The third-order valence-corrected chi connectivity index (χ3v) is 3.91. The minimum atomic E-state index is -0.549. The molecule has 0 aliphatic carbocycles. The molecule has 0 saturated heterocycles. The summed E-state index contributed by atoms with van der Waals surface area (Å²) in [7, 11) is 0. The first-order valence-corrected chi connectivity index (χ1v) is 8.28. The number of hydrogen-bond acceptors (Lipinski definition) is 4. The summed E-state index contributed by atoms with van der Waals surface area (Å²) >= 11 is 5.68. The van der Waals surface area contributed by atoms with E-state index in [9.17, 15) is 14.0 Å². The van der Waals surface area contributed by atoms with Crippen molar-refractivity contribution in [3.63, 3.8) is 0 Å². The molecular weight excluding hydrogens is 361 g/mol. The van der Waals surface area contributed by atoms with E-state index in [1.165, 1.54) is 35.2 Å². The lowest BCUT2D eigenvalue weighted by atomic mass is 10.2. The van der Waals surface area contributed by atoms with Gasteiger partial charge in [0.15, 0.2) is 5.76 Å². The Balaban J connectivity index is 1.57. The number of furan rings is 1. The third kappa shape index (κ3) is 4.37. The maximum Gasteiger partial charge on any atom is 0.266 e. The SMILES string of the molecule is O=C(CCCn1nc(-c2ccco2)ccc1=O)Nc1ccc(F)c(Cl)c1. The highest BCUT2D eigenvalue weighted by Crippen LogP contribution is 2.19. The number of amides is 1. The Labute approximate surface area is 153 Å². The molecule has 1 N–H and O–H groups in total. The molecule has 0 unspecified atom stereocenters. The highest BCUT2D eigenvalue weighted by molar-refractivity contribution is 6.31. The molecule has 2 aromatic heterocycles. The molecule has 8 heteroatoms. The van der Waals surface area contributed by atoms with Crippen molar-refractivity contribution in [1.82, 2.24) is 9.78 Å². The largest absolute Gasteiger partial charge is 0.463 e. The minimum Gasteiger partial charge on any atom is -0.463 e. The van der Waals surface area contributed by atoms with Gasteiger partial charge in [0, 0.05) is 24.7 Å². The first kappa shape index (κ1) is 17.9. The molecule has 6 nitrogen and oxygen atoms in total. The molecule has 0 aliphatic rings. The van der Waals surface area contributed by atoms with Gasteiger partial charge in [-0.15, -0.1) is 0 Å². The molecule has 0 spiro atoms. The van der Waals surface area contributed by atoms with Crippen molar-refractivity contribution in [2.24, 2.45) is 0 Å². The Morgan fingerprint density at radius 1 is 1.27 bits per heavy atom. The number of rotatable bonds is 6. The van der Waals surface area contributed by atoms with Gasteiger partial charge in [0.05, 0.1) is 11.3 Å². The van der Waals surface area contributed by atoms with Gasteiger partial charge in [0.1, 0.15) is 11.5 Å². The number of hydrogen-bond donors (Lipinski definition) is 1. The van der Waals surface area contributed by atoms with Crippen molar-refractivity contribution < 1.29 is 13.6 Å². The number of nitrogens with zero attached hydrogens (tertiary/aromatic N) is 2. The molecule has 134 valence electrons. The Hall–Kier alpha value is -2.93. The Kier molecular flexibility index (Phi) is 5.48. The van der Waals surface area contributed by atoms with Crippen molar-refractivity contribution in [3.8, 4) is 11.5 Å². The van der Waals surface area contributed by atoms with Crippen LogP contribution in [0.4, 0.5) is 10.1 Å². The summed E-state index contributed by atoms with van der Waals surface area (Å²) < 4.78 is 19.7. The van der Waals surface area contributed by atoms with Gasteiger partial charge in [-0.3, -0.25) is 9.59 Å². The minimum absolute atomic E-state index is 0.0618. The quantitative estimate of drug-likeness (QED) is 0.712. The predicted octanol–water partition coefficient (Wildman–Crippen LogP) is 3.71. The van der Waals surface area contributed by atoms with E-state index in [0.717, 1.165) is 0 Å². The first-order valence-electron chi connectivity index (χ1n) is 7.90. The summed E-state index contributed by atoms with van der Waals surface area (Å²) in [6.07, 6.45) is 2.11. The Morgan fingerprint density at radius 2 is 2.12 bits per heavy atom. The van der Waals surface area contributed by atoms with Crippen molar-refractivity contribution in [1.29, 1.82) is 0 Å². The van der Waals surface area contributed by atoms with Crippen LogP contribution in [0, 0.1) is 5.82 Å². The van der Waals surface area contributed by atoms with Crippen LogP contribution >= 0.6 is 11.6 Å². The predicted molar refractivity (Wildman–Crippen MR) is 95.5 cm³/mol. The number of aromatic nitrogens is 2. The van der Waals surface area contributed by atoms with E-state index in [1.54, 1.807) is 18.2 Å². The maximum absolute atomic E-state index is 13.1. The van der Waals surface area contributed by atoms with Gasteiger partial charge < -0.3 is 9.73 Å². The van der Waals surface area contributed by atoms with Gasteiger partial charge in [0.2, 0.25) is 5.91 Å². The number of halogens is 2. The summed E-state index contributed by atoms with van der Waals surface area (Å²) in [6, 6.07) is 10.4. The van der Waals surface area contributed by atoms with E-state index >= 15 is 0 Å². The lowest BCUT2D eigenvalue weighted by molar-refractivity contribution is -0.116. The smallest absolute Gasteiger partial charge is 0.266 e. The second kappa shape index (κ2) is 7.97. The molecule has 0 saturated carbocycles. The van der Waals surface area contributed by atoms with Crippen LogP contribution in [-0.2, 0) is 11.3 Å². The van der Waals surface area contributed by atoms with E-state index in [0.29, 0.717) is 23.6 Å². The van der Waals surface area contributed by atoms with Crippen LogP contribution in [0.25, 0.3) is 11.5 Å². The first-order chi connectivity index (χ1) is 12.5. The van der Waals surface area contributed by atoms with Gasteiger partial charge in [-0.05, 0) is 42.8 Å². The number of carbonyl (C=O) groups is 1. The molecule has 0 aliphatic heterocycles. The highest BCUT2D eigenvalue weighted by atomic mass is 35.5. The molecule has 0 atom stereocenters. The summed E-state index contributed by atoms with van der Waals surface area (Å²) in [5.74, 6) is -0.251. The average molecular weight is 376 g/mol. The summed E-state index contributed by atoms with van der Waals surface area (Å²) in [4.78, 5) is 23.9. The van der Waals surface area contributed by atoms with Crippen LogP contribution in [-0.4, -0.2) is 15.7 Å². The second-order valence-electron chi connectivity index (χ2n) is 5.54.